The van der Waals surface area contributed by atoms with Crippen LogP contribution in [0.3, 0.4) is 0 Å². The predicted molar refractivity (Wildman–Crippen MR) is 46.6 cm³/mol. The van der Waals surface area contributed by atoms with E-state index >= 15 is 0 Å². The van der Waals surface area contributed by atoms with E-state index in [1.165, 1.54) is 12.8 Å². The zero-order valence-electron chi connectivity index (χ0n) is 6.93. The van der Waals surface area contributed by atoms with E-state index in [0.717, 1.165) is 12.1 Å². The smallest absolute Gasteiger partial charge is 0.0270 e. The van der Waals surface area contributed by atoms with Crippen molar-refractivity contribution in [3.05, 3.63) is 23.9 Å². The Bertz CT molecular complexity index is 123. The van der Waals surface area contributed by atoms with Gasteiger partial charge in [0.1, 0.15) is 0 Å². The standard InChI is InChI=1S/C9H17N/c1-3-5-6-8-9(10)7-4-2/h4,7-8H,3,5-6,10H2,1-2H3/b7-4-,9-8+. The molecule has 1 nitrogen and oxygen atoms in total. The Morgan fingerprint density at radius 1 is 1.50 bits per heavy atom. The molecule has 2 N–H and O–H groups in total. The zero-order chi connectivity index (χ0) is 7.82. The van der Waals surface area contributed by atoms with Gasteiger partial charge in [0.2, 0.25) is 0 Å². The first-order chi connectivity index (χ1) is 4.81. The molecule has 0 aliphatic carbocycles. The molecule has 0 saturated heterocycles. The minimum Gasteiger partial charge on any atom is -0.399 e. The summed E-state index contributed by atoms with van der Waals surface area (Å²) in [4.78, 5) is 0. The molecule has 0 spiro atoms. The molecule has 0 bridgehead atoms. The van der Waals surface area contributed by atoms with Crippen LogP contribution in [-0.2, 0) is 0 Å². The van der Waals surface area contributed by atoms with Crippen LogP contribution in [0.5, 0.6) is 0 Å². The predicted octanol–water partition coefficient (Wildman–Crippen LogP) is 2.60. The average Bonchev–Trinajstić information content (AvgIpc) is 1.89. The van der Waals surface area contributed by atoms with Crippen LogP contribution in [0, 0.1) is 0 Å². The summed E-state index contributed by atoms with van der Waals surface area (Å²) in [6.07, 6.45) is 9.53. The lowest BCUT2D eigenvalue weighted by atomic mass is 10.2. The van der Waals surface area contributed by atoms with Crippen molar-refractivity contribution in [2.45, 2.75) is 33.1 Å². The van der Waals surface area contributed by atoms with Crippen molar-refractivity contribution in [1.29, 1.82) is 0 Å². The molecule has 0 aliphatic heterocycles. The van der Waals surface area contributed by atoms with E-state index in [0.29, 0.717) is 0 Å². The Labute approximate surface area is 63.6 Å². The third-order valence-corrected chi connectivity index (χ3v) is 1.30. The molecule has 0 rings (SSSR count). The Kier molecular flexibility index (Phi) is 5.94. The van der Waals surface area contributed by atoms with Crippen LogP contribution in [0.15, 0.2) is 23.9 Å². The molecule has 0 fully saturated rings. The van der Waals surface area contributed by atoms with E-state index in [-0.39, 0.29) is 0 Å². The Morgan fingerprint density at radius 3 is 2.70 bits per heavy atom. The van der Waals surface area contributed by atoms with Gasteiger partial charge in [-0.25, -0.2) is 0 Å². The van der Waals surface area contributed by atoms with Gasteiger partial charge < -0.3 is 5.73 Å². The molecule has 0 unspecified atom stereocenters. The highest BCUT2D eigenvalue weighted by atomic mass is 14.5. The number of nitrogens with two attached hydrogens (primary N) is 1. The summed E-state index contributed by atoms with van der Waals surface area (Å²) < 4.78 is 0. The normalized spacial score (nSPS) is 12.8. The molecule has 0 aromatic heterocycles. The third-order valence-electron chi connectivity index (χ3n) is 1.30. The number of hydrogen-bond acceptors (Lipinski definition) is 1. The Hall–Kier alpha value is -0.720. The van der Waals surface area contributed by atoms with Crippen molar-refractivity contribution in [2.24, 2.45) is 5.73 Å². The summed E-state index contributed by atoms with van der Waals surface area (Å²) in [5, 5.41) is 0. The Morgan fingerprint density at radius 2 is 2.20 bits per heavy atom. The first-order valence-corrected chi connectivity index (χ1v) is 3.89. The van der Waals surface area contributed by atoms with Gasteiger partial charge in [0.25, 0.3) is 0 Å². The van der Waals surface area contributed by atoms with Crippen LogP contribution in [0.2, 0.25) is 0 Å². The summed E-state index contributed by atoms with van der Waals surface area (Å²) in [6.45, 7) is 4.15. The van der Waals surface area contributed by atoms with Gasteiger partial charge in [-0.2, -0.15) is 0 Å². The van der Waals surface area contributed by atoms with E-state index < -0.39 is 0 Å². The summed E-state index contributed by atoms with van der Waals surface area (Å²) in [5.41, 5.74) is 6.48. The van der Waals surface area contributed by atoms with Gasteiger partial charge in [-0.1, -0.05) is 31.9 Å². The fourth-order valence-corrected chi connectivity index (χ4v) is 0.733. The average molecular weight is 139 g/mol. The highest BCUT2D eigenvalue weighted by molar-refractivity contribution is 5.13. The number of hydrogen-bond donors (Lipinski definition) is 1. The minimum absolute atomic E-state index is 0.885. The molecule has 0 radical (unpaired) electrons. The van der Waals surface area contributed by atoms with Gasteiger partial charge in [0, 0.05) is 5.70 Å². The number of allylic oxidation sites excluding steroid dienone is 3. The third kappa shape index (κ3) is 5.42. The molecule has 0 aromatic rings. The van der Waals surface area contributed by atoms with E-state index in [1.807, 2.05) is 19.1 Å². The SMILES string of the molecule is C/C=C\C(N)=C/CCCC. The minimum atomic E-state index is 0.885. The largest absolute Gasteiger partial charge is 0.399 e. The van der Waals surface area contributed by atoms with Crippen molar-refractivity contribution in [3.8, 4) is 0 Å². The van der Waals surface area contributed by atoms with Gasteiger partial charge in [-0.3, -0.25) is 0 Å². The summed E-state index contributed by atoms with van der Waals surface area (Å²) >= 11 is 0. The topological polar surface area (TPSA) is 26.0 Å². The fraction of sp³-hybridized carbons (Fsp3) is 0.556. The van der Waals surface area contributed by atoms with Gasteiger partial charge >= 0.3 is 0 Å². The molecule has 0 aromatic carbocycles. The monoisotopic (exact) mass is 139 g/mol. The molecule has 0 heterocycles. The Balaban J connectivity index is 3.47. The zero-order valence-corrected chi connectivity index (χ0v) is 6.93. The molecule has 1 heteroatoms. The second-order valence-corrected chi connectivity index (χ2v) is 2.35. The van der Waals surface area contributed by atoms with Crippen LogP contribution >= 0.6 is 0 Å². The van der Waals surface area contributed by atoms with Crippen LogP contribution in [-0.4, -0.2) is 0 Å². The second kappa shape index (κ2) is 6.40. The maximum absolute atomic E-state index is 5.60. The van der Waals surface area contributed by atoms with E-state index in [2.05, 4.69) is 13.0 Å². The van der Waals surface area contributed by atoms with Crippen LogP contribution in [0.1, 0.15) is 33.1 Å². The molecular weight excluding hydrogens is 122 g/mol. The summed E-state index contributed by atoms with van der Waals surface area (Å²) in [5.74, 6) is 0. The van der Waals surface area contributed by atoms with Crippen molar-refractivity contribution in [2.75, 3.05) is 0 Å². The molecule has 0 saturated carbocycles. The molecule has 0 amide bonds. The van der Waals surface area contributed by atoms with Gasteiger partial charge in [0.05, 0.1) is 0 Å². The van der Waals surface area contributed by atoms with Gasteiger partial charge in [-0.05, 0) is 19.4 Å². The van der Waals surface area contributed by atoms with E-state index in [1.54, 1.807) is 0 Å². The lowest BCUT2D eigenvalue weighted by Crippen LogP contribution is -1.91. The van der Waals surface area contributed by atoms with E-state index in [4.69, 9.17) is 5.73 Å². The molecule has 0 atom stereocenters. The maximum atomic E-state index is 5.60. The van der Waals surface area contributed by atoms with Crippen LogP contribution < -0.4 is 5.73 Å². The van der Waals surface area contributed by atoms with Gasteiger partial charge in [-0.15, -0.1) is 0 Å². The number of unbranched alkanes of at least 4 members (excludes halogenated alkanes) is 2. The van der Waals surface area contributed by atoms with Crippen LogP contribution in [0.4, 0.5) is 0 Å². The maximum Gasteiger partial charge on any atom is 0.0270 e. The first-order valence-electron chi connectivity index (χ1n) is 3.89. The second-order valence-electron chi connectivity index (χ2n) is 2.35. The van der Waals surface area contributed by atoms with Crippen molar-refractivity contribution >= 4 is 0 Å². The summed E-state index contributed by atoms with van der Waals surface area (Å²) in [6, 6.07) is 0. The van der Waals surface area contributed by atoms with Crippen molar-refractivity contribution in [1.82, 2.24) is 0 Å². The van der Waals surface area contributed by atoms with Crippen LogP contribution in [0.25, 0.3) is 0 Å². The van der Waals surface area contributed by atoms with Crippen molar-refractivity contribution in [3.63, 3.8) is 0 Å². The highest BCUT2D eigenvalue weighted by Crippen LogP contribution is 1.97. The van der Waals surface area contributed by atoms with Crippen molar-refractivity contribution < 1.29 is 0 Å². The molecule has 58 valence electrons. The number of rotatable bonds is 4. The quantitative estimate of drug-likeness (QED) is 0.470. The summed E-state index contributed by atoms with van der Waals surface area (Å²) in [7, 11) is 0. The molecule has 0 aliphatic rings. The lowest BCUT2D eigenvalue weighted by molar-refractivity contribution is 0.811. The molecular formula is C9H17N. The highest BCUT2D eigenvalue weighted by Gasteiger charge is 1.81. The van der Waals surface area contributed by atoms with Gasteiger partial charge in [0.15, 0.2) is 0 Å². The molecule has 10 heavy (non-hydrogen) atoms. The van der Waals surface area contributed by atoms with E-state index in [9.17, 15) is 0 Å². The fourth-order valence-electron chi connectivity index (χ4n) is 0.733. The first kappa shape index (κ1) is 9.28. The lowest BCUT2D eigenvalue weighted by Gasteiger charge is -1.91.